The lowest BCUT2D eigenvalue weighted by Gasteiger charge is -2.25. The minimum absolute atomic E-state index is 0. The fourth-order valence-electron chi connectivity index (χ4n) is 1.68. The van der Waals surface area contributed by atoms with E-state index in [4.69, 9.17) is 0 Å². The van der Waals surface area contributed by atoms with Crippen molar-refractivity contribution in [2.45, 2.75) is 58.0 Å². The van der Waals surface area contributed by atoms with Crippen LogP contribution < -0.4 is 5.32 Å². The first-order chi connectivity index (χ1) is 4.58. The first kappa shape index (κ1) is 8.06. The minimum atomic E-state index is 0. The summed E-state index contributed by atoms with van der Waals surface area (Å²) in [7, 11) is 0. The molecule has 0 unspecified atom stereocenters. The van der Waals surface area contributed by atoms with Crippen LogP contribution in [0.3, 0.4) is 0 Å². The summed E-state index contributed by atoms with van der Waals surface area (Å²) in [6, 6.07) is 0.806. The van der Waals surface area contributed by atoms with Crippen LogP contribution in [-0.2, 0) is 0 Å². The molecule has 1 aliphatic carbocycles. The highest BCUT2D eigenvalue weighted by Crippen LogP contribution is 2.19. The molecule has 0 aromatic heterocycles. The van der Waals surface area contributed by atoms with Gasteiger partial charge in [-0.15, -0.1) is 0 Å². The van der Waals surface area contributed by atoms with Crippen LogP contribution in [-0.4, -0.2) is 11.6 Å². The Morgan fingerprint density at radius 2 is 1.70 bits per heavy atom. The Morgan fingerprint density at radius 1 is 1.20 bits per heavy atom. The molecule has 10 heavy (non-hydrogen) atoms. The van der Waals surface area contributed by atoms with E-state index in [1.54, 1.807) is 0 Å². The Labute approximate surface area is 65.7 Å². The Balaban J connectivity index is 0.000001000. The van der Waals surface area contributed by atoms with Crippen molar-refractivity contribution in [1.29, 1.82) is 0 Å². The van der Waals surface area contributed by atoms with E-state index in [2.05, 4.69) is 26.1 Å². The molecule has 1 saturated carbocycles. The number of rotatable bonds is 1. The average molecular weight is 143 g/mol. The van der Waals surface area contributed by atoms with E-state index >= 15 is 0 Å². The quantitative estimate of drug-likeness (QED) is 0.595. The lowest BCUT2D eigenvalue weighted by Crippen LogP contribution is -2.42. The van der Waals surface area contributed by atoms with E-state index in [0.717, 1.165) is 6.04 Å². The molecule has 1 heteroatoms. The van der Waals surface area contributed by atoms with Gasteiger partial charge in [-0.25, -0.2) is 0 Å². The molecular formula is C9H21N. The topological polar surface area (TPSA) is 12.0 Å². The van der Waals surface area contributed by atoms with Crippen molar-refractivity contribution in [3.8, 4) is 0 Å². The molecule has 0 spiro atoms. The first-order valence-electron chi connectivity index (χ1n) is 4.36. The van der Waals surface area contributed by atoms with Gasteiger partial charge in [0.15, 0.2) is 0 Å². The number of nitrogens with one attached hydrogen (secondary N) is 1. The van der Waals surface area contributed by atoms with Crippen LogP contribution in [0.25, 0.3) is 0 Å². The summed E-state index contributed by atoms with van der Waals surface area (Å²) in [6.07, 6.45) is 5.62. The summed E-state index contributed by atoms with van der Waals surface area (Å²) < 4.78 is 0. The van der Waals surface area contributed by atoms with Crippen molar-refractivity contribution < 1.29 is 1.43 Å². The maximum absolute atomic E-state index is 3.62. The molecule has 0 bridgehead atoms. The largest absolute Gasteiger partial charge is 0.309 e. The number of hydrogen-bond acceptors (Lipinski definition) is 1. The fourth-order valence-corrected chi connectivity index (χ4v) is 1.68. The van der Waals surface area contributed by atoms with Gasteiger partial charge < -0.3 is 5.32 Å². The molecule has 0 aromatic carbocycles. The fraction of sp³-hybridized carbons (Fsp3) is 1.00. The number of hydrogen-bond donors (Lipinski definition) is 1. The van der Waals surface area contributed by atoms with E-state index in [0.29, 0.717) is 5.54 Å². The smallest absolute Gasteiger partial charge is 0.00990 e. The van der Waals surface area contributed by atoms with Crippen LogP contribution in [0.15, 0.2) is 0 Å². The molecule has 1 fully saturated rings. The summed E-state index contributed by atoms with van der Waals surface area (Å²) in [6.45, 7) is 6.72. The van der Waals surface area contributed by atoms with Crippen molar-refractivity contribution in [2.75, 3.05) is 0 Å². The van der Waals surface area contributed by atoms with Gasteiger partial charge in [0.1, 0.15) is 0 Å². The average Bonchev–Trinajstić information content (AvgIpc) is 2.12. The Morgan fingerprint density at radius 3 is 2.10 bits per heavy atom. The second-order valence-corrected chi connectivity index (χ2v) is 4.38. The van der Waals surface area contributed by atoms with E-state index in [-0.39, 0.29) is 1.43 Å². The molecule has 1 N–H and O–H groups in total. The molecule has 1 aliphatic rings. The Bertz CT molecular complexity index is 101. The van der Waals surface area contributed by atoms with Crippen molar-refractivity contribution in [1.82, 2.24) is 5.32 Å². The van der Waals surface area contributed by atoms with Crippen molar-refractivity contribution >= 4 is 0 Å². The lowest BCUT2D eigenvalue weighted by atomic mass is 10.1. The molecular weight excluding hydrogens is 122 g/mol. The van der Waals surface area contributed by atoms with Gasteiger partial charge in [0.05, 0.1) is 0 Å². The molecule has 0 aliphatic heterocycles. The molecule has 0 heterocycles. The van der Waals surface area contributed by atoms with Crippen molar-refractivity contribution in [3.63, 3.8) is 0 Å². The molecule has 1 nitrogen and oxygen atoms in total. The van der Waals surface area contributed by atoms with Gasteiger partial charge >= 0.3 is 0 Å². The minimum Gasteiger partial charge on any atom is -0.309 e. The van der Waals surface area contributed by atoms with E-state index in [1.165, 1.54) is 25.7 Å². The summed E-state index contributed by atoms with van der Waals surface area (Å²) in [5, 5.41) is 3.62. The standard InChI is InChI=1S/C9H19N.H2/c1-9(2,3)10-8-6-4-5-7-8;/h8,10H,4-7H2,1-3H3;1H. The van der Waals surface area contributed by atoms with Gasteiger partial charge in [-0.3, -0.25) is 0 Å². The van der Waals surface area contributed by atoms with Crippen LogP contribution in [0.1, 0.15) is 47.9 Å². The van der Waals surface area contributed by atoms with Crippen LogP contribution in [0.2, 0.25) is 0 Å². The Hall–Kier alpha value is -0.0400. The van der Waals surface area contributed by atoms with Gasteiger partial charge in [0.2, 0.25) is 0 Å². The highest BCUT2D eigenvalue weighted by atomic mass is 15.0. The molecule has 1 rings (SSSR count). The van der Waals surface area contributed by atoms with E-state index in [9.17, 15) is 0 Å². The predicted molar refractivity (Wildman–Crippen MR) is 47.3 cm³/mol. The van der Waals surface area contributed by atoms with E-state index < -0.39 is 0 Å². The maximum Gasteiger partial charge on any atom is 0.00990 e. The third-order valence-corrected chi connectivity index (χ3v) is 1.99. The van der Waals surface area contributed by atoms with Gasteiger partial charge in [-0.05, 0) is 33.6 Å². The molecule has 0 aromatic rings. The second kappa shape index (κ2) is 2.91. The second-order valence-electron chi connectivity index (χ2n) is 4.38. The lowest BCUT2D eigenvalue weighted by molar-refractivity contribution is 0.361. The van der Waals surface area contributed by atoms with Crippen LogP contribution in [0.5, 0.6) is 0 Å². The summed E-state index contributed by atoms with van der Waals surface area (Å²) in [5.74, 6) is 0. The maximum atomic E-state index is 3.62. The predicted octanol–water partition coefficient (Wildman–Crippen LogP) is 2.56. The molecule has 0 radical (unpaired) electrons. The Kier molecular flexibility index (Phi) is 2.35. The zero-order valence-corrected chi connectivity index (χ0v) is 7.41. The van der Waals surface area contributed by atoms with Crippen molar-refractivity contribution in [3.05, 3.63) is 0 Å². The molecule has 0 saturated heterocycles. The van der Waals surface area contributed by atoms with Crippen molar-refractivity contribution in [2.24, 2.45) is 0 Å². The van der Waals surface area contributed by atoms with Gasteiger partial charge in [0.25, 0.3) is 0 Å². The third-order valence-electron chi connectivity index (χ3n) is 1.99. The van der Waals surface area contributed by atoms with Gasteiger partial charge in [-0.2, -0.15) is 0 Å². The highest BCUT2D eigenvalue weighted by molar-refractivity contribution is 4.81. The first-order valence-corrected chi connectivity index (χ1v) is 4.36. The van der Waals surface area contributed by atoms with Crippen LogP contribution in [0, 0.1) is 0 Å². The zero-order valence-electron chi connectivity index (χ0n) is 7.41. The van der Waals surface area contributed by atoms with Crippen LogP contribution >= 0.6 is 0 Å². The normalized spacial score (nSPS) is 21.9. The molecule has 0 atom stereocenters. The summed E-state index contributed by atoms with van der Waals surface area (Å²) in [4.78, 5) is 0. The molecule has 62 valence electrons. The third kappa shape index (κ3) is 2.70. The summed E-state index contributed by atoms with van der Waals surface area (Å²) >= 11 is 0. The van der Waals surface area contributed by atoms with E-state index in [1.807, 2.05) is 0 Å². The SMILES string of the molecule is CC(C)(C)NC1CCCC1.[HH]. The van der Waals surface area contributed by atoms with Gasteiger partial charge in [0, 0.05) is 13.0 Å². The molecule has 0 amide bonds. The van der Waals surface area contributed by atoms with Crippen LogP contribution in [0.4, 0.5) is 0 Å². The highest BCUT2D eigenvalue weighted by Gasteiger charge is 2.19. The zero-order chi connectivity index (χ0) is 7.61. The monoisotopic (exact) mass is 143 g/mol. The van der Waals surface area contributed by atoms with Gasteiger partial charge in [-0.1, -0.05) is 12.8 Å². The summed E-state index contributed by atoms with van der Waals surface area (Å²) in [5.41, 5.74) is 0.314.